The van der Waals surface area contributed by atoms with E-state index in [1.807, 2.05) is 0 Å². The summed E-state index contributed by atoms with van der Waals surface area (Å²) in [6, 6.07) is 0. The molecule has 0 aliphatic carbocycles. The number of carbonyl (C=O) groups is 3. The minimum Gasteiger partial charge on any atom is -0.468 e. The normalized spacial score (nSPS) is 9.81. The molecule has 0 fully saturated rings. The Morgan fingerprint density at radius 3 is 1.81 bits per heavy atom. The molecular weight excluding hydrogens is 214 g/mol. The molecule has 0 saturated carbocycles. The highest BCUT2D eigenvalue weighted by atomic mass is 16.5. The minimum atomic E-state index is -1.03. The van der Waals surface area contributed by atoms with Crippen LogP contribution in [0.5, 0.6) is 0 Å². The van der Waals surface area contributed by atoms with Gasteiger partial charge in [0.25, 0.3) is 0 Å². The lowest BCUT2D eigenvalue weighted by atomic mass is 10.0. The van der Waals surface area contributed by atoms with E-state index < -0.39 is 17.9 Å². The minimum absolute atomic E-state index is 0.0936. The summed E-state index contributed by atoms with van der Waals surface area (Å²) in [5, 5.41) is 0. The Balaban J connectivity index is 4.39. The van der Waals surface area contributed by atoms with Gasteiger partial charge in [-0.15, -0.1) is 0 Å². The summed E-state index contributed by atoms with van der Waals surface area (Å²) in [5.74, 6) is -2.55. The van der Waals surface area contributed by atoms with Crippen LogP contribution < -0.4 is 0 Å². The first-order chi connectivity index (χ1) is 7.43. The smallest absolute Gasteiger partial charge is 0.320 e. The van der Waals surface area contributed by atoms with E-state index in [0.29, 0.717) is 0 Å². The summed E-state index contributed by atoms with van der Waals surface area (Å²) in [6.07, 6.45) is 0.193. The lowest BCUT2D eigenvalue weighted by Gasteiger charge is -2.14. The molecule has 0 aromatic carbocycles. The van der Waals surface area contributed by atoms with Crippen LogP contribution in [0, 0.1) is 5.92 Å². The SMILES string of the molecule is COC(=O)C(CCC(=O)N(C)C)C(=O)OC. The molecule has 0 radical (unpaired) electrons. The lowest BCUT2D eigenvalue weighted by molar-refractivity contribution is -0.159. The quantitative estimate of drug-likeness (QED) is 0.484. The van der Waals surface area contributed by atoms with E-state index in [1.54, 1.807) is 14.1 Å². The van der Waals surface area contributed by atoms with Crippen LogP contribution in [0.2, 0.25) is 0 Å². The van der Waals surface area contributed by atoms with Crippen molar-refractivity contribution in [2.45, 2.75) is 12.8 Å². The predicted molar refractivity (Wildman–Crippen MR) is 55.5 cm³/mol. The van der Waals surface area contributed by atoms with Crippen molar-refractivity contribution in [3.05, 3.63) is 0 Å². The Morgan fingerprint density at radius 1 is 1.06 bits per heavy atom. The van der Waals surface area contributed by atoms with Crippen LogP contribution in [0.15, 0.2) is 0 Å². The summed E-state index contributed by atoms with van der Waals surface area (Å²) in [6.45, 7) is 0. The predicted octanol–water partition coefficient (Wildman–Crippen LogP) is -0.183. The summed E-state index contributed by atoms with van der Waals surface area (Å²) in [5.41, 5.74) is 0. The largest absolute Gasteiger partial charge is 0.468 e. The van der Waals surface area contributed by atoms with Crippen molar-refractivity contribution in [2.75, 3.05) is 28.3 Å². The molecule has 0 rings (SSSR count). The molecule has 0 heterocycles. The zero-order valence-corrected chi connectivity index (χ0v) is 9.98. The Morgan fingerprint density at radius 2 is 1.50 bits per heavy atom. The van der Waals surface area contributed by atoms with Crippen molar-refractivity contribution in [3.63, 3.8) is 0 Å². The van der Waals surface area contributed by atoms with Crippen molar-refractivity contribution in [3.8, 4) is 0 Å². The van der Waals surface area contributed by atoms with Crippen molar-refractivity contribution in [2.24, 2.45) is 5.92 Å². The summed E-state index contributed by atoms with van der Waals surface area (Å²) >= 11 is 0. The number of methoxy groups -OCH3 is 2. The molecule has 16 heavy (non-hydrogen) atoms. The molecule has 0 bridgehead atoms. The molecule has 6 nitrogen and oxygen atoms in total. The van der Waals surface area contributed by atoms with Gasteiger partial charge in [-0.25, -0.2) is 0 Å². The van der Waals surface area contributed by atoms with Gasteiger partial charge in [0.2, 0.25) is 5.91 Å². The fourth-order valence-corrected chi connectivity index (χ4v) is 1.11. The molecule has 1 amide bonds. The molecule has 92 valence electrons. The second-order valence-electron chi connectivity index (χ2n) is 3.43. The highest BCUT2D eigenvalue weighted by molar-refractivity contribution is 5.95. The maximum Gasteiger partial charge on any atom is 0.320 e. The van der Waals surface area contributed by atoms with Crippen molar-refractivity contribution < 1.29 is 23.9 Å². The van der Waals surface area contributed by atoms with Gasteiger partial charge in [-0.3, -0.25) is 14.4 Å². The van der Waals surface area contributed by atoms with E-state index in [4.69, 9.17) is 0 Å². The van der Waals surface area contributed by atoms with Gasteiger partial charge in [-0.2, -0.15) is 0 Å². The van der Waals surface area contributed by atoms with Crippen molar-refractivity contribution in [1.29, 1.82) is 0 Å². The first-order valence-corrected chi connectivity index (χ1v) is 4.79. The van der Waals surface area contributed by atoms with E-state index in [9.17, 15) is 14.4 Å². The third kappa shape index (κ3) is 4.29. The number of hydrogen-bond donors (Lipinski definition) is 0. The maximum absolute atomic E-state index is 11.3. The van der Waals surface area contributed by atoms with E-state index in [2.05, 4.69) is 9.47 Å². The molecule has 0 aromatic rings. The topological polar surface area (TPSA) is 72.9 Å². The van der Waals surface area contributed by atoms with Crippen LogP contribution in [-0.2, 0) is 23.9 Å². The second-order valence-corrected chi connectivity index (χ2v) is 3.43. The van der Waals surface area contributed by atoms with Gasteiger partial charge in [-0.05, 0) is 6.42 Å². The molecule has 0 unspecified atom stereocenters. The van der Waals surface area contributed by atoms with Crippen LogP contribution >= 0.6 is 0 Å². The van der Waals surface area contributed by atoms with Crippen LogP contribution in [-0.4, -0.2) is 51.1 Å². The third-order valence-electron chi connectivity index (χ3n) is 2.12. The number of nitrogens with zero attached hydrogens (tertiary/aromatic N) is 1. The fourth-order valence-electron chi connectivity index (χ4n) is 1.11. The number of esters is 2. The lowest BCUT2D eigenvalue weighted by Crippen LogP contribution is -2.29. The monoisotopic (exact) mass is 231 g/mol. The Bertz CT molecular complexity index is 258. The second kappa shape index (κ2) is 6.81. The molecule has 0 N–H and O–H groups in total. The molecule has 0 saturated heterocycles. The van der Waals surface area contributed by atoms with Crippen LogP contribution in [0.4, 0.5) is 0 Å². The zero-order valence-electron chi connectivity index (χ0n) is 9.98. The van der Waals surface area contributed by atoms with Gasteiger partial charge in [-0.1, -0.05) is 0 Å². The Labute approximate surface area is 94.5 Å². The number of ether oxygens (including phenoxy) is 2. The molecule has 0 aromatic heterocycles. The third-order valence-corrected chi connectivity index (χ3v) is 2.12. The van der Waals surface area contributed by atoms with Gasteiger partial charge >= 0.3 is 11.9 Å². The highest BCUT2D eigenvalue weighted by Gasteiger charge is 2.29. The molecule has 0 aliphatic rings. The van der Waals surface area contributed by atoms with E-state index >= 15 is 0 Å². The van der Waals surface area contributed by atoms with E-state index in [0.717, 1.165) is 0 Å². The molecule has 0 aliphatic heterocycles. The first kappa shape index (κ1) is 14.4. The molecular formula is C10H17NO5. The number of carbonyl (C=O) groups excluding carboxylic acids is 3. The van der Waals surface area contributed by atoms with Gasteiger partial charge in [0.05, 0.1) is 14.2 Å². The van der Waals surface area contributed by atoms with Gasteiger partial charge < -0.3 is 14.4 Å². The van der Waals surface area contributed by atoms with E-state index in [1.165, 1.54) is 19.1 Å². The van der Waals surface area contributed by atoms with Crippen molar-refractivity contribution in [1.82, 2.24) is 4.90 Å². The van der Waals surface area contributed by atoms with Crippen LogP contribution in [0.3, 0.4) is 0 Å². The van der Waals surface area contributed by atoms with E-state index in [-0.39, 0.29) is 18.7 Å². The first-order valence-electron chi connectivity index (χ1n) is 4.79. The van der Waals surface area contributed by atoms with Gasteiger partial charge in [0.15, 0.2) is 5.92 Å². The highest BCUT2D eigenvalue weighted by Crippen LogP contribution is 2.11. The Hall–Kier alpha value is -1.59. The van der Waals surface area contributed by atoms with Crippen molar-refractivity contribution >= 4 is 17.8 Å². The average Bonchev–Trinajstić information content (AvgIpc) is 2.27. The number of amides is 1. The zero-order chi connectivity index (χ0) is 12.7. The van der Waals surface area contributed by atoms with Crippen LogP contribution in [0.25, 0.3) is 0 Å². The maximum atomic E-state index is 11.3. The fraction of sp³-hybridized carbons (Fsp3) is 0.700. The summed E-state index contributed by atoms with van der Waals surface area (Å²) in [4.78, 5) is 35.2. The summed E-state index contributed by atoms with van der Waals surface area (Å²) < 4.78 is 8.93. The van der Waals surface area contributed by atoms with Crippen LogP contribution in [0.1, 0.15) is 12.8 Å². The van der Waals surface area contributed by atoms with Gasteiger partial charge in [0.1, 0.15) is 0 Å². The Kier molecular flexibility index (Phi) is 6.14. The molecule has 0 spiro atoms. The summed E-state index contributed by atoms with van der Waals surface area (Å²) in [7, 11) is 5.58. The molecule has 6 heteroatoms. The average molecular weight is 231 g/mol. The molecule has 0 atom stereocenters. The van der Waals surface area contributed by atoms with Gasteiger partial charge in [0, 0.05) is 20.5 Å². The standard InChI is InChI=1S/C10H17NO5/c1-11(2)8(12)6-5-7(9(13)15-3)10(14)16-4/h7H,5-6H2,1-4H3. The number of hydrogen-bond acceptors (Lipinski definition) is 5. The number of rotatable bonds is 5.